The fourth-order valence-corrected chi connectivity index (χ4v) is 1.63. The summed E-state index contributed by atoms with van der Waals surface area (Å²) in [5.74, 6) is 0.215. The minimum absolute atomic E-state index is 0.106. The lowest BCUT2D eigenvalue weighted by molar-refractivity contribution is 0.304. The van der Waals surface area contributed by atoms with Crippen molar-refractivity contribution in [3.05, 3.63) is 29.0 Å². The van der Waals surface area contributed by atoms with E-state index < -0.39 is 5.82 Å². The summed E-state index contributed by atoms with van der Waals surface area (Å²) in [6.07, 6.45) is 3.28. The topological polar surface area (TPSA) is 21.3 Å². The zero-order valence-electron chi connectivity index (χ0n) is 10.1. The number of benzene rings is 1. The molecule has 0 atom stereocenters. The van der Waals surface area contributed by atoms with Gasteiger partial charge in [0.05, 0.1) is 11.6 Å². The second-order valence-corrected chi connectivity index (χ2v) is 4.25. The Hall–Kier alpha value is -0.800. The van der Waals surface area contributed by atoms with Gasteiger partial charge >= 0.3 is 0 Å². The van der Waals surface area contributed by atoms with Crippen molar-refractivity contribution in [3.8, 4) is 5.75 Å². The summed E-state index contributed by atoms with van der Waals surface area (Å²) in [7, 11) is 0. The van der Waals surface area contributed by atoms with Gasteiger partial charge < -0.3 is 10.1 Å². The molecule has 0 aliphatic heterocycles. The first-order valence-corrected chi connectivity index (χ1v) is 6.40. The van der Waals surface area contributed by atoms with Gasteiger partial charge in [-0.3, -0.25) is 0 Å². The molecule has 0 aliphatic rings. The van der Waals surface area contributed by atoms with Crippen molar-refractivity contribution in [2.75, 3.05) is 19.7 Å². The zero-order chi connectivity index (χ0) is 12.5. The van der Waals surface area contributed by atoms with Gasteiger partial charge in [-0.15, -0.1) is 0 Å². The second-order valence-electron chi connectivity index (χ2n) is 3.84. The Balaban J connectivity index is 2.11. The first kappa shape index (κ1) is 14.3. The Kier molecular flexibility index (Phi) is 6.97. The Morgan fingerprint density at radius 3 is 2.82 bits per heavy atom. The lowest BCUT2D eigenvalue weighted by atomic mass is 10.2. The molecule has 0 spiro atoms. The molecule has 0 aliphatic carbocycles. The van der Waals surface area contributed by atoms with E-state index in [9.17, 15) is 4.39 Å². The van der Waals surface area contributed by atoms with Crippen LogP contribution in [0.25, 0.3) is 0 Å². The molecule has 0 unspecified atom stereocenters. The van der Waals surface area contributed by atoms with E-state index in [4.69, 9.17) is 16.3 Å². The first-order valence-electron chi connectivity index (χ1n) is 6.02. The van der Waals surface area contributed by atoms with E-state index in [-0.39, 0.29) is 5.02 Å². The van der Waals surface area contributed by atoms with E-state index in [1.165, 1.54) is 12.1 Å². The minimum atomic E-state index is -0.412. The summed E-state index contributed by atoms with van der Waals surface area (Å²) in [6, 6.07) is 4.43. The number of hydrogen-bond donors (Lipinski definition) is 1. The molecule has 1 aromatic carbocycles. The van der Waals surface area contributed by atoms with Crippen LogP contribution >= 0.6 is 11.6 Å². The molecule has 0 aromatic heterocycles. The molecule has 1 rings (SSSR count). The van der Waals surface area contributed by atoms with Crippen molar-refractivity contribution in [2.24, 2.45) is 0 Å². The maximum Gasteiger partial charge on any atom is 0.142 e. The molecule has 0 heterocycles. The number of ether oxygens (including phenoxy) is 1. The SMILES string of the molecule is CCNCCCCCOc1ccc(F)c(Cl)c1. The molecule has 2 nitrogen and oxygen atoms in total. The summed E-state index contributed by atoms with van der Waals surface area (Å²) in [5.41, 5.74) is 0. The molecule has 17 heavy (non-hydrogen) atoms. The summed E-state index contributed by atoms with van der Waals surface area (Å²) in [6.45, 7) is 4.82. The van der Waals surface area contributed by atoms with Gasteiger partial charge in [0.2, 0.25) is 0 Å². The van der Waals surface area contributed by atoms with Crippen LogP contribution in [0.15, 0.2) is 18.2 Å². The van der Waals surface area contributed by atoms with Crippen LogP contribution in [0.4, 0.5) is 4.39 Å². The van der Waals surface area contributed by atoms with E-state index in [0.29, 0.717) is 12.4 Å². The predicted molar refractivity (Wildman–Crippen MR) is 69.3 cm³/mol. The van der Waals surface area contributed by atoms with E-state index in [1.54, 1.807) is 6.07 Å². The Bertz CT molecular complexity index is 333. The van der Waals surface area contributed by atoms with Crippen molar-refractivity contribution in [1.82, 2.24) is 5.32 Å². The van der Waals surface area contributed by atoms with Crippen molar-refractivity contribution < 1.29 is 9.13 Å². The Morgan fingerprint density at radius 1 is 1.29 bits per heavy atom. The lowest BCUT2D eigenvalue weighted by Crippen LogP contribution is -2.14. The van der Waals surface area contributed by atoms with Gasteiger partial charge in [0.15, 0.2) is 0 Å². The highest BCUT2D eigenvalue weighted by atomic mass is 35.5. The Morgan fingerprint density at radius 2 is 2.12 bits per heavy atom. The molecule has 96 valence electrons. The summed E-state index contributed by atoms with van der Waals surface area (Å²) in [5, 5.41) is 3.38. The molecular formula is C13H19ClFNO. The predicted octanol–water partition coefficient (Wildman–Crippen LogP) is 3.64. The van der Waals surface area contributed by atoms with Gasteiger partial charge in [-0.1, -0.05) is 18.5 Å². The molecular weight excluding hydrogens is 241 g/mol. The minimum Gasteiger partial charge on any atom is -0.494 e. The highest BCUT2D eigenvalue weighted by molar-refractivity contribution is 6.30. The number of nitrogens with one attached hydrogen (secondary N) is 1. The number of halogens is 2. The maximum absolute atomic E-state index is 12.9. The third-order valence-corrected chi connectivity index (χ3v) is 2.70. The summed E-state index contributed by atoms with van der Waals surface area (Å²) >= 11 is 5.65. The van der Waals surface area contributed by atoms with Crippen LogP contribution in [-0.4, -0.2) is 19.7 Å². The van der Waals surface area contributed by atoms with E-state index in [2.05, 4.69) is 12.2 Å². The van der Waals surface area contributed by atoms with Gasteiger partial charge in [0.1, 0.15) is 11.6 Å². The molecule has 0 bridgehead atoms. The standard InChI is InChI=1S/C13H19ClFNO/c1-2-16-8-4-3-5-9-17-11-6-7-13(15)12(14)10-11/h6-7,10,16H,2-5,8-9H2,1H3. The van der Waals surface area contributed by atoms with Gasteiger partial charge in [0, 0.05) is 6.07 Å². The fraction of sp³-hybridized carbons (Fsp3) is 0.538. The second kappa shape index (κ2) is 8.31. The number of unbranched alkanes of at least 4 members (excludes halogenated alkanes) is 2. The van der Waals surface area contributed by atoms with Crippen LogP contribution in [-0.2, 0) is 0 Å². The molecule has 1 N–H and O–H groups in total. The van der Waals surface area contributed by atoms with Crippen molar-refractivity contribution in [2.45, 2.75) is 26.2 Å². The van der Waals surface area contributed by atoms with Gasteiger partial charge in [-0.05, 0) is 44.5 Å². The average Bonchev–Trinajstić information content (AvgIpc) is 2.32. The van der Waals surface area contributed by atoms with Crippen LogP contribution in [0.3, 0.4) is 0 Å². The Labute approximate surface area is 107 Å². The van der Waals surface area contributed by atoms with Crippen LogP contribution in [0.1, 0.15) is 26.2 Å². The van der Waals surface area contributed by atoms with Crippen LogP contribution in [0.2, 0.25) is 5.02 Å². The van der Waals surface area contributed by atoms with Crippen LogP contribution in [0, 0.1) is 5.82 Å². The maximum atomic E-state index is 12.9. The van der Waals surface area contributed by atoms with Gasteiger partial charge in [0.25, 0.3) is 0 Å². The number of hydrogen-bond acceptors (Lipinski definition) is 2. The van der Waals surface area contributed by atoms with E-state index in [0.717, 1.165) is 32.4 Å². The summed E-state index contributed by atoms with van der Waals surface area (Å²) in [4.78, 5) is 0. The van der Waals surface area contributed by atoms with E-state index >= 15 is 0 Å². The van der Waals surface area contributed by atoms with Crippen molar-refractivity contribution in [3.63, 3.8) is 0 Å². The molecule has 0 amide bonds. The van der Waals surface area contributed by atoms with Crippen molar-refractivity contribution >= 4 is 11.6 Å². The number of rotatable bonds is 8. The third-order valence-electron chi connectivity index (χ3n) is 2.41. The lowest BCUT2D eigenvalue weighted by Gasteiger charge is -2.06. The molecule has 0 saturated carbocycles. The van der Waals surface area contributed by atoms with Gasteiger partial charge in [-0.25, -0.2) is 4.39 Å². The quantitative estimate of drug-likeness (QED) is 0.720. The highest BCUT2D eigenvalue weighted by Crippen LogP contribution is 2.21. The zero-order valence-corrected chi connectivity index (χ0v) is 10.9. The van der Waals surface area contributed by atoms with Crippen LogP contribution < -0.4 is 10.1 Å². The molecule has 0 fully saturated rings. The summed E-state index contributed by atoms with van der Waals surface area (Å²) < 4.78 is 18.3. The smallest absolute Gasteiger partial charge is 0.142 e. The average molecular weight is 260 g/mol. The largest absolute Gasteiger partial charge is 0.494 e. The van der Waals surface area contributed by atoms with Crippen molar-refractivity contribution in [1.29, 1.82) is 0 Å². The molecule has 0 radical (unpaired) electrons. The third kappa shape index (κ3) is 5.89. The molecule has 4 heteroatoms. The normalized spacial score (nSPS) is 10.5. The first-order chi connectivity index (χ1) is 8.24. The van der Waals surface area contributed by atoms with Gasteiger partial charge in [-0.2, -0.15) is 0 Å². The van der Waals surface area contributed by atoms with Crippen LogP contribution in [0.5, 0.6) is 5.75 Å². The molecule has 1 aromatic rings. The molecule has 0 saturated heterocycles. The fourth-order valence-electron chi connectivity index (χ4n) is 1.46. The highest BCUT2D eigenvalue weighted by Gasteiger charge is 2.01. The monoisotopic (exact) mass is 259 g/mol. The van der Waals surface area contributed by atoms with E-state index in [1.807, 2.05) is 0 Å².